The first-order valence-electron chi connectivity index (χ1n) is 9.46. The molecule has 2 amide bonds. The molecule has 1 saturated carbocycles. The van der Waals surface area contributed by atoms with Crippen LogP contribution in [0.15, 0.2) is 30.3 Å². The van der Waals surface area contributed by atoms with E-state index in [4.69, 9.17) is 27.9 Å². The van der Waals surface area contributed by atoms with Gasteiger partial charge in [-0.15, -0.1) is 0 Å². The maximum absolute atomic E-state index is 12.6. The number of benzene rings is 2. The van der Waals surface area contributed by atoms with Gasteiger partial charge in [0, 0.05) is 18.8 Å². The maximum atomic E-state index is 12.6. The predicted molar refractivity (Wildman–Crippen MR) is 115 cm³/mol. The van der Waals surface area contributed by atoms with E-state index in [1.165, 1.54) is 30.3 Å². The molecule has 2 aromatic carbocycles. The van der Waals surface area contributed by atoms with Crippen molar-refractivity contribution in [2.75, 3.05) is 19.0 Å². The molecule has 0 saturated heterocycles. The molecule has 31 heavy (non-hydrogen) atoms. The number of phenols is 1. The molecule has 2 aromatic rings. The molecule has 1 aliphatic rings. The highest BCUT2D eigenvalue weighted by Gasteiger charge is 2.31. The molecule has 1 aliphatic carbocycles. The van der Waals surface area contributed by atoms with Crippen LogP contribution in [0.4, 0.5) is 5.69 Å². The van der Waals surface area contributed by atoms with E-state index in [0.29, 0.717) is 0 Å². The molecule has 1 fully saturated rings. The zero-order valence-electron chi connectivity index (χ0n) is 16.8. The molecule has 0 aliphatic heterocycles. The largest absolute Gasteiger partial charge is 0.507 e. The predicted octanol–water partition coefficient (Wildman–Crippen LogP) is 4.23. The number of carbonyl (C=O) groups excluding carboxylic acids is 3. The van der Waals surface area contributed by atoms with Crippen LogP contribution in [0.5, 0.6) is 17.2 Å². The van der Waals surface area contributed by atoms with E-state index < -0.39 is 11.9 Å². The number of hydrogen-bond acceptors (Lipinski definition) is 6. The van der Waals surface area contributed by atoms with Gasteiger partial charge in [0.25, 0.3) is 5.91 Å². The van der Waals surface area contributed by atoms with E-state index in [-0.39, 0.29) is 57.1 Å². The number of esters is 1. The number of nitrogens with one attached hydrogen (secondary N) is 1. The lowest BCUT2D eigenvalue weighted by Crippen LogP contribution is -2.28. The lowest BCUT2D eigenvalue weighted by atomic mass is 10.1. The van der Waals surface area contributed by atoms with Crippen molar-refractivity contribution in [3.8, 4) is 17.2 Å². The van der Waals surface area contributed by atoms with Crippen LogP contribution in [-0.2, 0) is 14.3 Å². The van der Waals surface area contributed by atoms with Crippen LogP contribution < -0.4 is 10.1 Å². The number of phenolic OH excluding ortho intramolecular Hbond substituents is 1. The second kappa shape index (κ2) is 9.45. The van der Waals surface area contributed by atoms with Crippen molar-refractivity contribution in [3.05, 3.63) is 45.9 Å². The van der Waals surface area contributed by atoms with Crippen LogP contribution in [0.3, 0.4) is 0 Å². The second-order valence-corrected chi connectivity index (χ2v) is 7.69. The Kier molecular flexibility index (Phi) is 6.92. The molecule has 10 heteroatoms. The van der Waals surface area contributed by atoms with Crippen molar-refractivity contribution in [2.24, 2.45) is 0 Å². The minimum Gasteiger partial charge on any atom is -0.507 e. The second-order valence-electron chi connectivity index (χ2n) is 6.87. The maximum Gasteiger partial charge on any atom is 0.397 e. The fourth-order valence-corrected chi connectivity index (χ4v) is 3.36. The summed E-state index contributed by atoms with van der Waals surface area (Å²) in [7, 11) is 1.68. The Morgan fingerprint density at radius 2 is 1.81 bits per heavy atom. The first kappa shape index (κ1) is 22.7. The minimum absolute atomic E-state index is 0.0581. The Bertz CT molecular complexity index is 1020. The van der Waals surface area contributed by atoms with Crippen molar-refractivity contribution in [1.82, 2.24) is 4.90 Å². The average Bonchev–Trinajstić information content (AvgIpc) is 3.56. The lowest BCUT2D eigenvalue weighted by Gasteiger charge is -2.18. The van der Waals surface area contributed by atoms with Gasteiger partial charge in [0.1, 0.15) is 11.5 Å². The molecule has 0 unspecified atom stereocenters. The summed E-state index contributed by atoms with van der Waals surface area (Å²) in [5.41, 5.74) is 0.269. The van der Waals surface area contributed by atoms with E-state index in [2.05, 4.69) is 10.1 Å². The molecule has 3 rings (SSSR count). The summed E-state index contributed by atoms with van der Waals surface area (Å²) in [5.74, 6) is -2.18. The first-order chi connectivity index (χ1) is 14.7. The molecule has 8 nitrogen and oxygen atoms in total. The molecule has 0 heterocycles. The van der Waals surface area contributed by atoms with Gasteiger partial charge in [0.05, 0.1) is 22.2 Å². The lowest BCUT2D eigenvalue weighted by molar-refractivity contribution is -0.152. The highest BCUT2D eigenvalue weighted by molar-refractivity contribution is 6.39. The van der Waals surface area contributed by atoms with Gasteiger partial charge in [-0.25, -0.2) is 4.79 Å². The van der Waals surface area contributed by atoms with Gasteiger partial charge in [0.15, 0.2) is 5.75 Å². The van der Waals surface area contributed by atoms with Crippen molar-refractivity contribution in [1.29, 1.82) is 0 Å². The number of ether oxygens (including phenoxy) is 2. The van der Waals surface area contributed by atoms with Crippen LogP contribution >= 0.6 is 23.2 Å². The summed E-state index contributed by atoms with van der Waals surface area (Å²) >= 11 is 12.5. The standard InChI is InChI=1S/C21H20Cl2N2O6/c1-3-30-21(29)19(27)24-11-8-15(22)18(16(23)9-11)31-13-6-7-17(26)14(10-13)20(28)25(2)12-4-5-12/h6-10,12,26H,3-5H2,1-2H3,(H,24,27). The van der Waals surface area contributed by atoms with E-state index in [1.54, 1.807) is 18.9 Å². The quantitative estimate of drug-likeness (QED) is 0.487. The van der Waals surface area contributed by atoms with Gasteiger partial charge in [-0.1, -0.05) is 23.2 Å². The number of hydrogen-bond donors (Lipinski definition) is 2. The Morgan fingerprint density at radius 1 is 1.16 bits per heavy atom. The summed E-state index contributed by atoms with van der Waals surface area (Å²) in [6, 6.07) is 7.10. The average molecular weight is 467 g/mol. The molecule has 0 atom stereocenters. The van der Waals surface area contributed by atoms with Gasteiger partial charge in [0.2, 0.25) is 0 Å². The topological polar surface area (TPSA) is 105 Å². The Hall–Kier alpha value is -2.97. The zero-order chi connectivity index (χ0) is 22.7. The van der Waals surface area contributed by atoms with Gasteiger partial charge in [-0.2, -0.15) is 0 Å². The summed E-state index contributed by atoms with van der Waals surface area (Å²) in [6.45, 7) is 1.64. The molecule has 0 bridgehead atoms. The minimum atomic E-state index is -1.03. The molecule has 2 N–H and O–H groups in total. The first-order valence-corrected chi connectivity index (χ1v) is 10.2. The fraction of sp³-hybridized carbons (Fsp3) is 0.286. The number of anilines is 1. The van der Waals surface area contributed by atoms with Crippen molar-refractivity contribution in [2.45, 2.75) is 25.8 Å². The molecule has 164 valence electrons. The Balaban J connectivity index is 1.79. The number of rotatable bonds is 6. The van der Waals surface area contributed by atoms with E-state index >= 15 is 0 Å². The molecular weight excluding hydrogens is 447 g/mol. The van der Waals surface area contributed by atoms with E-state index in [0.717, 1.165) is 12.8 Å². The normalized spacial score (nSPS) is 12.8. The van der Waals surface area contributed by atoms with E-state index in [1.807, 2.05) is 0 Å². The van der Waals surface area contributed by atoms with Gasteiger partial charge in [-0.05, 0) is 50.1 Å². The van der Waals surface area contributed by atoms with Crippen LogP contribution in [0.25, 0.3) is 0 Å². The SMILES string of the molecule is CCOC(=O)C(=O)Nc1cc(Cl)c(Oc2ccc(O)c(C(=O)N(C)C3CC3)c2)c(Cl)c1. The number of carbonyl (C=O) groups is 3. The fourth-order valence-electron chi connectivity index (χ4n) is 2.79. The van der Waals surface area contributed by atoms with Crippen LogP contribution in [0, 0.1) is 0 Å². The number of aromatic hydroxyl groups is 1. The molecule has 0 radical (unpaired) electrons. The Labute approximate surface area is 188 Å². The van der Waals surface area contributed by atoms with Crippen LogP contribution in [0.1, 0.15) is 30.1 Å². The highest BCUT2D eigenvalue weighted by Crippen LogP contribution is 2.40. The number of amides is 2. The monoisotopic (exact) mass is 466 g/mol. The molecule has 0 spiro atoms. The number of nitrogens with zero attached hydrogens (tertiary/aromatic N) is 1. The van der Waals surface area contributed by atoms with Crippen molar-refractivity contribution >= 4 is 46.7 Å². The van der Waals surface area contributed by atoms with E-state index in [9.17, 15) is 19.5 Å². The third kappa shape index (κ3) is 5.39. The molecular formula is C21H20Cl2N2O6. The summed E-state index contributed by atoms with van der Waals surface area (Å²) < 4.78 is 10.4. The third-order valence-electron chi connectivity index (χ3n) is 4.55. The summed E-state index contributed by atoms with van der Waals surface area (Å²) in [6.07, 6.45) is 1.87. The van der Waals surface area contributed by atoms with Gasteiger partial charge in [-0.3, -0.25) is 9.59 Å². The number of halogens is 2. The van der Waals surface area contributed by atoms with Crippen molar-refractivity contribution < 1.29 is 29.0 Å². The summed E-state index contributed by atoms with van der Waals surface area (Å²) in [4.78, 5) is 37.4. The van der Waals surface area contributed by atoms with Crippen LogP contribution in [-0.4, -0.2) is 47.5 Å². The van der Waals surface area contributed by atoms with Crippen LogP contribution in [0.2, 0.25) is 10.0 Å². The van der Waals surface area contributed by atoms with Crippen molar-refractivity contribution in [3.63, 3.8) is 0 Å². The Morgan fingerprint density at radius 3 is 2.39 bits per heavy atom. The van der Waals surface area contributed by atoms with Gasteiger partial charge < -0.3 is 24.8 Å². The van der Waals surface area contributed by atoms with Gasteiger partial charge >= 0.3 is 11.9 Å². The highest BCUT2D eigenvalue weighted by atomic mass is 35.5. The smallest absolute Gasteiger partial charge is 0.397 e. The molecule has 0 aromatic heterocycles. The summed E-state index contributed by atoms with van der Waals surface area (Å²) in [5, 5.41) is 12.6. The zero-order valence-corrected chi connectivity index (χ0v) is 18.3. The third-order valence-corrected chi connectivity index (χ3v) is 5.11.